The number of hydrogen-bond donors (Lipinski definition) is 2. The number of rotatable bonds is 5. The fraction of sp³-hybridized carbons (Fsp3) is 0.500. The van der Waals surface area contributed by atoms with Crippen molar-refractivity contribution in [1.82, 2.24) is 5.32 Å². The molecule has 100 valence electrons. The number of aryl methyl sites for hydroxylation is 1. The number of amides is 1. The number of benzene rings is 1. The molecule has 0 aliphatic rings. The van der Waals surface area contributed by atoms with E-state index in [-0.39, 0.29) is 19.1 Å². The standard InChI is InChI=1S/C14H21NO3/c1-10-6-5-7-12(11(10)2)18-8-13(17)15-14(3,4)9-16/h5-7,16H,8-9H2,1-4H3,(H,15,17). The second kappa shape index (κ2) is 5.87. The SMILES string of the molecule is Cc1cccc(OCC(=O)NC(C)(C)CO)c1C. The normalized spacial score (nSPS) is 11.2. The van der Waals surface area contributed by atoms with Crippen LogP contribution in [0, 0.1) is 13.8 Å². The van der Waals surface area contributed by atoms with Gasteiger partial charge in [0.15, 0.2) is 6.61 Å². The lowest BCUT2D eigenvalue weighted by molar-refractivity contribution is -0.125. The predicted octanol–water partition coefficient (Wildman–Crippen LogP) is 1.57. The monoisotopic (exact) mass is 251 g/mol. The van der Waals surface area contributed by atoms with Gasteiger partial charge < -0.3 is 15.2 Å². The number of carbonyl (C=O) groups is 1. The van der Waals surface area contributed by atoms with E-state index >= 15 is 0 Å². The number of carbonyl (C=O) groups excluding carboxylic acids is 1. The molecule has 4 nitrogen and oxygen atoms in total. The Kier molecular flexibility index (Phi) is 4.73. The van der Waals surface area contributed by atoms with Crippen LogP contribution in [-0.4, -0.2) is 29.8 Å². The minimum atomic E-state index is -0.623. The zero-order chi connectivity index (χ0) is 13.8. The van der Waals surface area contributed by atoms with Crippen LogP contribution in [0.5, 0.6) is 5.75 Å². The van der Waals surface area contributed by atoms with Crippen LogP contribution < -0.4 is 10.1 Å². The fourth-order valence-corrected chi connectivity index (χ4v) is 1.48. The Hall–Kier alpha value is -1.55. The van der Waals surface area contributed by atoms with E-state index in [1.165, 1.54) is 0 Å². The third-order valence-corrected chi connectivity index (χ3v) is 2.79. The largest absolute Gasteiger partial charge is 0.483 e. The molecule has 0 fully saturated rings. The summed E-state index contributed by atoms with van der Waals surface area (Å²) in [5, 5.41) is 11.7. The van der Waals surface area contributed by atoms with Crippen LogP contribution in [0.25, 0.3) is 0 Å². The number of nitrogens with one attached hydrogen (secondary N) is 1. The maximum atomic E-state index is 11.6. The van der Waals surface area contributed by atoms with Crippen molar-refractivity contribution in [2.24, 2.45) is 0 Å². The molecule has 1 rings (SSSR count). The first-order valence-corrected chi connectivity index (χ1v) is 5.96. The number of hydrogen-bond acceptors (Lipinski definition) is 3. The molecule has 0 aromatic heterocycles. The van der Waals surface area contributed by atoms with Gasteiger partial charge >= 0.3 is 0 Å². The van der Waals surface area contributed by atoms with Crippen LogP contribution >= 0.6 is 0 Å². The second-order valence-electron chi connectivity index (χ2n) is 5.08. The third kappa shape index (κ3) is 4.04. The summed E-state index contributed by atoms with van der Waals surface area (Å²) in [6.45, 7) is 7.30. The minimum Gasteiger partial charge on any atom is -0.483 e. The molecule has 0 unspecified atom stereocenters. The molecule has 1 aromatic carbocycles. The van der Waals surface area contributed by atoms with E-state index in [1.807, 2.05) is 32.0 Å². The van der Waals surface area contributed by atoms with E-state index in [2.05, 4.69) is 5.32 Å². The van der Waals surface area contributed by atoms with Gasteiger partial charge in [-0.05, 0) is 44.9 Å². The highest BCUT2D eigenvalue weighted by atomic mass is 16.5. The van der Waals surface area contributed by atoms with Crippen LogP contribution in [-0.2, 0) is 4.79 Å². The molecule has 0 atom stereocenters. The van der Waals surface area contributed by atoms with Gasteiger partial charge in [0.1, 0.15) is 5.75 Å². The van der Waals surface area contributed by atoms with Gasteiger partial charge in [-0.3, -0.25) is 4.79 Å². The van der Waals surface area contributed by atoms with Crippen LogP contribution in [0.3, 0.4) is 0 Å². The average Bonchev–Trinajstić information content (AvgIpc) is 2.30. The van der Waals surface area contributed by atoms with Crippen molar-refractivity contribution in [2.45, 2.75) is 33.2 Å². The van der Waals surface area contributed by atoms with Gasteiger partial charge in [0.05, 0.1) is 12.1 Å². The third-order valence-electron chi connectivity index (χ3n) is 2.79. The zero-order valence-corrected chi connectivity index (χ0v) is 11.4. The lowest BCUT2D eigenvalue weighted by atomic mass is 10.1. The maximum Gasteiger partial charge on any atom is 0.258 e. The summed E-state index contributed by atoms with van der Waals surface area (Å²) in [6, 6.07) is 5.73. The lowest BCUT2D eigenvalue weighted by Crippen LogP contribution is -2.48. The Morgan fingerprint density at radius 1 is 1.39 bits per heavy atom. The Balaban J connectivity index is 2.56. The summed E-state index contributed by atoms with van der Waals surface area (Å²) in [5.74, 6) is 0.474. The number of aliphatic hydroxyl groups is 1. The molecular weight excluding hydrogens is 230 g/mol. The van der Waals surface area contributed by atoms with E-state index in [0.29, 0.717) is 5.75 Å². The molecule has 18 heavy (non-hydrogen) atoms. The van der Waals surface area contributed by atoms with Gasteiger partial charge in [-0.2, -0.15) is 0 Å². The Labute approximate surface area is 108 Å². The smallest absolute Gasteiger partial charge is 0.258 e. The van der Waals surface area contributed by atoms with Crippen molar-refractivity contribution in [3.63, 3.8) is 0 Å². The summed E-state index contributed by atoms with van der Waals surface area (Å²) < 4.78 is 5.48. The lowest BCUT2D eigenvalue weighted by Gasteiger charge is -2.23. The molecule has 0 heterocycles. The van der Waals surface area contributed by atoms with Crippen LogP contribution in [0.15, 0.2) is 18.2 Å². The van der Waals surface area contributed by atoms with E-state index in [4.69, 9.17) is 9.84 Å². The van der Waals surface area contributed by atoms with Gasteiger partial charge in [-0.1, -0.05) is 12.1 Å². The predicted molar refractivity (Wildman–Crippen MR) is 70.7 cm³/mol. The molecule has 1 aromatic rings. The molecule has 4 heteroatoms. The highest BCUT2D eigenvalue weighted by molar-refractivity contribution is 5.78. The Morgan fingerprint density at radius 2 is 2.06 bits per heavy atom. The second-order valence-corrected chi connectivity index (χ2v) is 5.08. The zero-order valence-electron chi connectivity index (χ0n) is 11.4. The number of ether oxygens (including phenoxy) is 1. The average molecular weight is 251 g/mol. The van der Waals surface area contributed by atoms with Gasteiger partial charge in [-0.25, -0.2) is 0 Å². The van der Waals surface area contributed by atoms with E-state index in [0.717, 1.165) is 11.1 Å². The molecule has 0 bridgehead atoms. The first-order valence-electron chi connectivity index (χ1n) is 5.96. The summed E-state index contributed by atoms with van der Waals surface area (Å²) >= 11 is 0. The van der Waals surface area contributed by atoms with Crippen molar-refractivity contribution in [2.75, 3.05) is 13.2 Å². The highest BCUT2D eigenvalue weighted by Crippen LogP contribution is 2.20. The minimum absolute atomic E-state index is 0.0479. The van der Waals surface area contributed by atoms with Gasteiger partial charge in [0, 0.05) is 0 Å². The van der Waals surface area contributed by atoms with Crippen LogP contribution in [0.1, 0.15) is 25.0 Å². The van der Waals surface area contributed by atoms with E-state index in [1.54, 1.807) is 13.8 Å². The van der Waals surface area contributed by atoms with Crippen LogP contribution in [0.2, 0.25) is 0 Å². The Bertz CT molecular complexity index is 427. The highest BCUT2D eigenvalue weighted by Gasteiger charge is 2.19. The number of aliphatic hydroxyl groups excluding tert-OH is 1. The van der Waals surface area contributed by atoms with Crippen LogP contribution in [0.4, 0.5) is 0 Å². The van der Waals surface area contributed by atoms with E-state index in [9.17, 15) is 4.79 Å². The van der Waals surface area contributed by atoms with Gasteiger partial charge in [0.2, 0.25) is 0 Å². The first-order chi connectivity index (χ1) is 8.35. The summed E-state index contributed by atoms with van der Waals surface area (Å²) in [4.78, 5) is 11.6. The molecule has 2 N–H and O–H groups in total. The molecule has 0 spiro atoms. The first kappa shape index (κ1) is 14.5. The topological polar surface area (TPSA) is 58.6 Å². The summed E-state index contributed by atoms with van der Waals surface area (Å²) in [6.07, 6.45) is 0. The molecule has 1 amide bonds. The van der Waals surface area contributed by atoms with Crippen molar-refractivity contribution in [3.8, 4) is 5.75 Å². The van der Waals surface area contributed by atoms with E-state index < -0.39 is 5.54 Å². The van der Waals surface area contributed by atoms with Crippen molar-refractivity contribution < 1.29 is 14.6 Å². The molecule has 0 aliphatic carbocycles. The molecule has 0 aliphatic heterocycles. The molecular formula is C14H21NO3. The Morgan fingerprint density at radius 3 is 2.67 bits per heavy atom. The molecule has 0 saturated carbocycles. The summed E-state index contributed by atoms with van der Waals surface area (Å²) in [5.41, 5.74) is 1.54. The van der Waals surface area contributed by atoms with Gasteiger partial charge in [-0.15, -0.1) is 0 Å². The quantitative estimate of drug-likeness (QED) is 0.835. The van der Waals surface area contributed by atoms with Gasteiger partial charge in [0.25, 0.3) is 5.91 Å². The van der Waals surface area contributed by atoms with Crippen molar-refractivity contribution in [3.05, 3.63) is 29.3 Å². The van der Waals surface area contributed by atoms with Crippen molar-refractivity contribution >= 4 is 5.91 Å². The fourth-order valence-electron chi connectivity index (χ4n) is 1.48. The summed E-state index contributed by atoms with van der Waals surface area (Å²) in [7, 11) is 0. The molecule has 0 saturated heterocycles. The maximum absolute atomic E-state index is 11.6. The van der Waals surface area contributed by atoms with Crippen molar-refractivity contribution in [1.29, 1.82) is 0 Å². The molecule has 0 radical (unpaired) electrons.